The number of benzene rings is 6. The molecule has 6 heteroatoms. The van der Waals surface area contributed by atoms with Crippen molar-refractivity contribution in [2.75, 3.05) is 4.90 Å². The fourth-order valence-corrected chi connectivity index (χ4v) is 6.71. The molecule has 0 spiro atoms. The van der Waals surface area contributed by atoms with Crippen LogP contribution in [-0.2, 0) is 0 Å². The third kappa shape index (κ3) is 5.03. The van der Waals surface area contributed by atoms with Crippen LogP contribution in [-0.4, -0.2) is 24.3 Å². The fourth-order valence-electron chi connectivity index (χ4n) is 6.71. The standard InChI is InChI=1S/C43H30N6/c1-4-16-33(17-5-1)47(34-18-6-2-7-19-34)36-22-14-15-31(29-36)42-45-46-43(48(42)35-20-8-3-9-21-35)32-27-28-44-41(30-32)49-39-25-12-10-23-37(39)38-24-11-13-26-40(38)49/h1-30H. The zero-order valence-electron chi connectivity index (χ0n) is 26.5. The number of nitrogens with zero attached hydrogens (tertiary/aromatic N) is 6. The highest BCUT2D eigenvalue weighted by Gasteiger charge is 2.21. The van der Waals surface area contributed by atoms with Crippen LogP contribution in [0, 0.1) is 0 Å². The summed E-state index contributed by atoms with van der Waals surface area (Å²) in [5.41, 5.74) is 8.23. The molecule has 0 saturated carbocycles. The van der Waals surface area contributed by atoms with Gasteiger partial charge in [0.2, 0.25) is 0 Å². The van der Waals surface area contributed by atoms with Gasteiger partial charge >= 0.3 is 0 Å². The Labute approximate surface area is 283 Å². The zero-order chi connectivity index (χ0) is 32.6. The van der Waals surface area contributed by atoms with Crippen molar-refractivity contribution in [3.05, 3.63) is 182 Å². The van der Waals surface area contributed by atoms with Crippen LogP contribution in [0.25, 0.3) is 56.1 Å². The summed E-state index contributed by atoms with van der Waals surface area (Å²) >= 11 is 0. The molecule has 6 aromatic carbocycles. The molecule has 0 atom stereocenters. The first-order valence-corrected chi connectivity index (χ1v) is 16.3. The summed E-state index contributed by atoms with van der Waals surface area (Å²) in [6, 6.07) is 60.7. The van der Waals surface area contributed by atoms with E-state index in [1.165, 1.54) is 10.8 Å². The van der Waals surface area contributed by atoms with Gasteiger partial charge in [-0.05, 0) is 72.8 Å². The molecule has 0 aliphatic heterocycles. The van der Waals surface area contributed by atoms with Gasteiger partial charge in [0.25, 0.3) is 0 Å². The highest BCUT2D eigenvalue weighted by molar-refractivity contribution is 6.09. The summed E-state index contributed by atoms with van der Waals surface area (Å²) in [4.78, 5) is 7.12. The second kappa shape index (κ2) is 12.1. The van der Waals surface area contributed by atoms with Gasteiger partial charge in [-0.1, -0.05) is 103 Å². The monoisotopic (exact) mass is 630 g/mol. The Hall–Kier alpha value is -6.79. The normalized spacial score (nSPS) is 11.3. The smallest absolute Gasteiger partial charge is 0.169 e. The van der Waals surface area contributed by atoms with Gasteiger partial charge in [0.1, 0.15) is 5.82 Å². The molecule has 0 bridgehead atoms. The number of hydrogen-bond acceptors (Lipinski definition) is 4. The highest BCUT2D eigenvalue weighted by atomic mass is 15.3. The number of aromatic nitrogens is 5. The minimum atomic E-state index is 0.735. The van der Waals surface area contributed by atoms with Crippen LogP contribution in [0.2, 0.25) is 0 Å². The number of rotatable bonds is 7. The second-order valence-corrected chi connectivity index (χ2v) is 11.8. The Morgan fingerprint density at radius 2 is 0.918 bits per heavy atom. The molecule has 0 aliphatic rings. The van der Waals surface area contributed by atoms with Crippen LogP contribution in [0.1, 0.15) is 0 Å². The molecular formula is C43H30N6. The molecule has 0 aliphatic carbocycles. The van der Waals surface area contributed by atoms with E-state index in [2.05, 4.69) is 154 Å². The maximum atomic E-state index is 4.86. The van der Waals surface area contributed by atoms with E-state index in [-0.39, 0.29) is 0 Å². The summed E-state index contributed by atoms with van der Waals surface area (Å²) < 4.78 is 4.36. The van der Waals surface area contributed by atoms with Gasteiger partial charge < -0.3 is 4.90 Å². The Kier molecular flexibility index (Phi) is 7.02. The molecule has 49 heavy (non-hydrogen) atoms. The van der Waals surface area contributed by atoms with E-state index in [0.717, 1.165) is 62.4 Å². The number of hydrogen-bond donors (Lipinski definition) is 0. The highest BCUT2D eigenvalue weighted by Crippen LogP contribution is 2.38. The lowest BCUT2D eigenvalue weighted by atomic mass is 10.1. The maximum Gasteiger partial charge on any atom is 0.169 e. The Morgan fingerprint density at radius 3 is 1.53 bits per heavy atom. The van der Waals surface area contributed by atoms with Crippen molar-refractivity contribution >= 4 is 38.9 Å². The number of para-hydroxylation sites is 5. The summed E-state index contributed by atoms with van der Waals surface area (Å²) in [5.74, 6) is 2.31. The fraction of sp³-hybridized carbons (Fsp3) is 0. The Bertz CT molecular complexity index is 2460. The second-order valence-electron chi connectivity index (χ2n) is 11.8. The number of pyridine rings is 1. The van der Waals surface area contributed by atoms with E-state index in [9.17, 15) is 0 Å². The molecule has 0 radical (unpaired) electrons. The van der Waals surface area contributed by atoms with E-state index in [0.29, 0.717) is 0 Å². The summed E-state index contributed by atoms with van der Waals surface area (Å²) in [7, 11) is 0. The molecule has 0 saturated heterocycles. The molecule has 3 aromatic heterocycles. The molecular weight excluding hydrogens is 601 g/mol. The minimum Gasteiger partial charge on any atom is -0.310 e. The number of anilines is 3. The van der Waals surface area contributed by atoms with Gasteiger partial charge in [-0.2, -0.15) is 0 Å². The third-order valence-corrected chi connectivity index (χ3v) is 8.88. The van der Waals surface area contributed by atoms with Crippen LogP contribution in [0.15, 0.2) is 182 Å². The van der Waals surface area contributed by atoms with Crippen molar-refractivity contribution in [3.63, 3.8) is 0 Å². The van der Waals surface area contributed by atoms with E-state index in [1.807, 2.05) is 42.6 Å². The van der Waals surface area contributed by atoms with Crippen molar-refractivity contribution in [1.82, 2.24) is 24.3 Å². The van der Waals surface area contributed by atoms with Crippen LogP contribution < -0.4 is 4.90 Å². The Morgan fingerprint density at radius 1 is 0.408 bits per heavy atom. The van der Waals surface area contributed by atoms with Crippen molar-refractivity contribution in [1.29, 1.82) is 0 Å². The molecule has 9 aromatic rings. The first-order valence-electron chi connectivity index (χ1n) is 16.3. The molecule has 0 amide bonds. The Balaban J connectivity index is 1.21. The van der Waals surface area contributed by atoms with Gasteiger partial charge in [-0.3, -0.25) is 9.13 Å². The lowest BCUT2D eigenvalue weighted by molar-refractivity contribution is 1.05. The van der Waals surface area contributed by atoms with E-state index in [1.54, 1.807) is 0 Å². The number of fused-ring (bicyclic) bond motifs is 3. The first kappa shape index (κ1) is 28.4. The van der Waals surface area contributed by atoms with Crippen LogP contribution in [0.4, 0.5) is 17.1 Å². The largest absolute Gasteiger partial charge is 0.310 e. The van der Waals surface area contributed by atoms with Crippen LogP contribution in [0.3, 0.4) is 0 Å². The minimum absolute atomic E-state index is 0.735. The average Bonchev–Trinajstić information content (AvgIpc) is 3.77. The van der Waals surface area contributed by atoms with Gasteiger partial charge in [-0.25, -0.2) is 4.98 Å². The molecule has 3 heterocycles. The van der Waals surface area contributed by atoms with Crippen molar-refractivity contribution in [2.24, 2.45) is 0 Å². The predicted molar refractivity (Wildman–Crippen MR) is 199 cm³/mol. The summed E-state index contributed by atoms with van der Waals surface area (Å²) in [6.07, 6.45) is 1.86. The molecule has 6 nitrogen and oxygen atoms in total. The average molecular weight is 631 g/mol. The molecule has 232 valence electrons. The lowest BCUT2D eigenvalue weighted by Gasteiger charge is -2.25. The van der Waals surface area contributed by atoms with E-state index >= 15 is 0 Å². The maximum absolute atomic E-state index is 4.86. The predicted octanol–water partition coefficient (Wildman–Crippen LogP) is 10.6. The van der Waals surface area contributed by atoms with Crippen molar-refractivity contribution < 1.29 is 0 Å². The summed E-state index contributed by atoms with van der Waals surface area (Å²) in [5, 5.41) is 12.1. The van der Waals surface area contributed by atoms with Crippen LogP contribution >= 0.6 is 0 Å². The van der Waals surface area contributed by atoms with Gasteiger partial charge in [0.05, 0.1) is 11.0 Å². The van der Waals surface area contributed by atoms with E-state index in [4.69, 9.17) is 15.2 Å². The van der Waals surface area contributed by atoms with Gasteiger partial charge in [-0.15, -0.1) is 10.2 Å². The quantitative estimate of drug-likeness (QED) is 0.176. The van der Waals surface area contributed by atoms with Gasteiger partial charge in [0.15, 0.2) is 11.6 Å². The third-order valence-electron chi connectivity index (χ3n) is 8.88. The topological polar surface area (TPSA) is 51.8 Å². The summed E-state index contributed by atoms with van der Waals surface area (Å²) in [6.45, 7) is 0. The van der Waals surface area contributed by atoms with Crippen molar-refractivity contribution in [2.45, 2.75) is 0 Å². The van der Waals surface area contributed by atoms with Crippen LogP contribution in [0.5, 0.6) is 0 Å². The van der Waals surface area contributed by atoms with Gasteiger partial charge in [0, 0.05) is 50.8 Å². The molecule has 0 unspecified atom stereocenters. The van der Waals surface area contributed by atoms with Crippen molar-refractivity contribution in [3.8, 4) is 34.3 Å². The SMILES string of the molecule is c1ccc(N(c2ccccc2)c2cccc(-c3nnc(-c4ccnc(-n5c6ccccc6c6ccccc65)c4)n3-c3ccccc3)c2)cc1. The lowest BCUT2D eigenvalue weighted by Crippen LogP contribution is -2.10. The first-order chi connectivity index (χ1) is 24.3. The molecule has 9 rings (SSSR count). The van der Waals surface area contributed by atoms with E-state index < -0.39 is 0 Å². The molecule has 0 fully saturated rings. The molecule has 0 N–H and O–H groups in total. The zero-order valence-corrected chi connectivity index (χ0v) is 26.5.